The van der Waals surface area contributed by atoms with Gasteiger partial charge in [-0.2, -0.15) is 13.2 Å². The van der Waals surface area contributed by atoms with Gasteiger partial charge >= 0.3 is 17.8 Å². The Morgan fingerprint density at radius 2 is 1.77 bits per heavy atom. The van der Waals surface area contributed by atoms with Crippen molar-refractivity contribution in [1.82, 2.24) is 14.1 Å². The van der Waals surface area contributed by atoms with Crippen LogP contribution in [0.25, 0.3) is 11.0 Å². The molecule has 3 N–H and O–H groups in total. The zero-order valence-electron chi connectivity index (χ0n) is 17.7. The molecule has 4 aromatic rings. The normalized spacial score (nSPS) is 11.1. The number of halogens is 4. The number of fused-ring (bicyclic) bond motifs is 1. The van der Waals surface area contributed by atoms with Crippen molar-refractivity contribution >= 4 is 34.2 Å². The van der Waals surface area contributed by atoms with Crippen LogP contribution in [-0.4, -0.2) is 37.3 Å². The zero-order chi connectivity index (χ0) is 25.9. The summed E-state index contributed by atoms with van der Waals surface area (Å²) in [5, 5.41) is 7.51. The van der Waals surface area contributed by atoms with Crippen LogP contribution in [0.15, 0.2) is 53.5 Å². The number of benzene rings is 2. The summed E-state index contributed by atoms with van der Waals surface area (Å²) in [4.78, 5) is 38.0. The predicted molar refractivity (Wildman–Crippen MR) is 117 cm³/mol. The van der Waals surface area contributed by atoms with E-state index in [1.165, 1.54) is 40.2 Å². The van der Waals surface area contributed by atoms with Crippen molar-refractivity contribution in [3.63, 3.8) is 0 Å². The van der Waals surface area contributed by atoms with E-state index < -0.39 is 18.1 Å². The fourth-order valence-corrected chi connectivity index (χ4v) is 3.65. The molecule has 9 nitrogen and oxygen atoms in total. The molecule has 0 bridgehead atoms. The molecular formula is C21H16F4N4O5S. The second-order valence-electron chi connectivity index (χ2n) is 6.95. The van der Waals surface area contributed by atoms with Gasteiger partial charge in [-0.25, -0.2) is 19.0 Å². The van der Waals surface area contributed by atoms with Crippen LogP contribution in [0.1, 0.15) is 15.2 Å². The fraction of sp³-hybridized carbons (Fsp3) is 0.143. The Balaban J connectivity index is 0.000000429. The van der Waals surface area contributed by atoms with Crippen molar-refractivity contribution in [3.8, 4) is 10.9 Å². The lowest BCUT2D eigenvalue weighted by molar-refractivity contribution is -0.192. The molecule has 1 amide bonds. The van der Waals surface area contributed by atoms with Crippen molar-refractivity contribution in [1.29, 1.82) is 0 Å². The van der Waals surface area contributed by atoms with Gasteiger partial charge in [0.05, 0.1) is 17.6 Å². The molecule has 0 aliphatic heterocycles. The van der Waals surface area contributed by atoms with Crippen LogP contribution in [0.4, 0.5) is 17.6 Å². The second-order valence-corrected chi connectivity index (χ2v) is 8.02. The summed E-state index contributed by atoms with van der Waals surface area (Å²) in [5.41, 5.74) is 6.78. The topological polar surface area (TPSA) is 129 Å². The number of aliphatic carboxylic acids is 1. The number of hydrogen-bond donors (Lipinski definition) is 2. The quantitative estimate of drug-likeness (QED) is 0.394. The smallest absolute Gasteiger partial charge is 0.475 e. The van der Waals surface area contributed by atoms with Crippen LogP contribution in [0, 0.1) is 5.82 Å². The highest BCUT2D eigenvalue weighted by Gasteiger charge is 2.38. The lowest BCUT2D eigenvalue weighted by Crippen LogP contribution is -2.22. The predicted octanol–water partition coefficient (Wildman–Crippen LogP) is 3.51. The summed E-state index contributed by atoms with van der Waals surface area (Å²) in [7, 11) is 1.67. The number of carboxylic acids is 1. The molecule has 0 radical (unpaired) electrons. The highest BCUT2D eigenvalue weighted by Crippen LogP contribution is 2.27. The molecule has 0 atom stereocenters. The number of imidazole rings is 1. The molecule has 184 valence electrons. The Morgan fingerprint density at radius 3 is 2.34 bits per heavy atom. The molecule has 4 rings (SSSR count). The largest absolute Gasteiger partial charge is 0.490 e. The number of aryl methyl sites for hydroxylation is 1. The number of primary amides is 1. The monoisotopic (exact) mass is 512 g/mol. The first kappa shape index (κ1) is 25.4. The number of ether oxygens (including phenoxy) is 1. The number of carbonyl (C=O) groups is 2. The Hall–Kier alpha value is -4.20. The average molecular weight is 512 g/mol. The third-order valence-corrected chi connectivity index (χ3v) is 5.40. The van der Waals surface area contributed by atoms with Crippen LogP contribution < -0.4 is 16.2 Å². The number of alkyl halides is 3. The molecule has 0 aliphatic rings. The summed E-state index contributed by atoms with van der Waals surface area (Å²) >= 11 is 1.28. The maximum Gasteiger partial charge on any atom is 0.490 e. The van der Waals surface area contributed by atoms with Gasteiger partial charge < -0.3 is 15.6 Å². The molecule has 2 aromatic carbocycles. The third-order valence-electron chi connectivity index (χ3n) is 4.54. The van der Waals surface area contributed by atoms with Crippen LogP contribution in [-0.2, 0) is 18.4 Å². The van der Waals surface area contributed by atoms with E-state index in [1.807, 2.05) is 0 Å². The maximum atomic E-state index is 13.0. The van der Waals surface area contributed by atoms with E-state index in [4.69, 9.17) is 20.4 Å². The highest BCUT2D eigenvalue weighted by atomic mass is 32.1. The van der Waals surface area contributed by atoms with Crippen molar-refractivity contribution in [2.24, 2.45) is 12.8 Å². The lowest BCUT2D eigenvalue weighted by Gasteiger charge is -2.02. The molecule has 2 aromatic heterocycles. The molecule has 0 saturated heterocycles. The highest BCUT2D eigenvalue weighted by molar-refractivity contribution is 7.13. The van der Waals surface area contributed by atoms with Gasteiger partial charge in [0.2, 0.25) is 5.91 Å². The second kappa shape index (κ2) is 9.97. The number of carbonyl (C=O) groups excluding carboxylic acids is 1. The Bertz CT molecular complexity index is 1440. The van der Waals surface area contributed by atoms with E-state index in [0.29, 0.717) is 27.5 Å². The SMILES string of the molecule is Cn1c(=O)n(Cc2cnc(Oc3ccc(F)cc3)s2)c2cc(C(N)=O)ccc21.O=C(O)C(F)(F)F. The number of thiazole rings is 1. The molecule has 0 aliphatic carbocycles. The molecule has 0 fully saturated rings. The molecule has 0 unspecified atom stereocenters. The van der Waals surface area contributed by atoms with Crippen LogP contribution >= 0.6 is 11.3 Å². The first-order valence-corrected chi connectivity index (χ1v) is 10.4. The summed E-state index contributed by atoms with van der Waals surface area (Å²) in [6, 6.07) is 10.5. The minimum Gasteiger partial charge on any atom is -0.475 e. The van der Waals surface area contributed by atoms with Crippen molar-refractivity contribution in [2.45, 2.75) is 12.7 Å². The Morgan fingerprint density at radius 1 is 1.14 bits per heavy atom. The summed E-state index contributed by atoms with van der Waals surface area (Å²) in [6.07, 6.45) is -3.47. The molecule has 0 spiro atoms. The average Bonchev–Trinajstić information content (AvgIpc) is 3.33. The van der Waals surface area contributed by atoms with Crippen molar-refractivity contribution in [2.75, 3.05) is 0 Å². The van der Waals surface area contributed by atoms with Crippen LogP contribution in [0.5, 0.6) is 10.9 Å². The number of rotatable bonds is 5. The Kier molecular flexibility index (Phi) is 7.24. The molecule has 0 saturated carbocycles. The van der Waals surface area contributed by atoms with E-state index in [2.05, 4.69) is 4.98 Å². The summed E-state index contributed by atoms with van der Waals surface area (Å²) in [5.74, 6) is -3.20. The van der Waals surface area contributed by atoms with Gasteiger partial charge in [-0.05, 0) is 42.5 Å². The molecular weight excluding hydrogens is 496 g/mol. The van der Waals surface area contributed by atoms with Gasteiger partial charge in [-0.15, -0.1) is 0 Å². The molecule has 14 heteroatoms. The zero-order valence-corrected chi connectivity index (χ0v) is 18.6. The van der Waals surface area contributed by atoms with E-state index in [-0.39, 0.29) is 18.1 Å². The standard InChI is InChI=1S/C19H15FN4O3S.C2HF3O2/c1-23-15-7-2-11(17(21)25)8-16(15)24(19(23)26)10-14-9-22-18(28-14)27-13-5-3-12(20)4-6-13;3-2(4,5)1(6)7/h2-9H,10H2,1H3,(H2,21,25);(H,6,7). The third kappa shape index (κ3) is 6.03. The number of hydrogen-bond acceptors (Lipinski definition) is 6. The summed E-state index contributed by atoms with van der Waals surface area (Å²) in [6.45, 7) is 0.267. The van der Waals surface area contributed by atoms with Crippen molar-refractivity contribution < 1.29 is 37.0 Å². The van der Waals surface area contributed by atoms with Gasteiger partial charge in [0, 0.05) is 23.7 Å². The summed E-state index contributed by atoms with van der Waals surface area (Å²) < 4.78 is 53.4. The van der Waals surface area contributed by atoms with Gasteiger partial charge in [-0.3, -0.25) is 13.9 Å². The van der Waals surface area contributed by atoms with E-state index in [0.717, 1.165) is 4.88 Å². The Labute approximate surface area is 197 Å². The first-order chi connectivity index (χ1) is 16.4. The maximum absolute atomic E-state index is 13.0. The van der Waals surface area contributed by atoms with Crippen molar-refractivity contribution in [3.05, 3.63) is 75.4 Å². The molecule has 35 heavy (non-hydrogen) atoms. The molecule has 2 heterocycles. The van der Waals surface area contributed by atoms with Gasteiger partial charge in [0.15, 0.2) is 0 Å². The van der Waals surface area contributed by atoms with Crippen LogP contribution in [0.2, 0.25) is 0 Å². The fourth-order valence-electron chi connectivity index (χ4n) is 2.89. The number of carboxylic acid groups (broad SMARTS) is 1. The van der Waals surface area contributed by atoms with Crippen LogP contribution in [0.3, 0.4) is 0 Å². The number of amides is 1. The number of aromatic nitrogens is 3. The number of nitrogens with two attached hydrogens (primary N) is 1. The van der Waals surface area contributed by atoms with E-state index in [9.17, 15) is 27.2 Å². The van der Waals surface area contributed by atoms with Gasteiger partial charge in [0.25, 0.3) is 5.19 Å². The van der Waals surface area contributed by atoms with E-state index >= 15 is 0 Å². The minimum absolute atomic E-state index is 0.217. The minimum atomic E-state index is -5.08. The first-order valence-electron chi connectivity index (χ1n) is 9.54. The number of nitrogens with zero attached hydrogens (tertiary/aromatic N) is 3. The lowest BCUT2D eigenvalue weighted by atomic mass is 10.2. The van der Waals surface area contributed by atoms with Gasteiger partial charge in [0.1, 0.15) is 11.6 Å². The van der Waals surface area contributed by atoms with E-state index in [1.54, 1.807) is 36.0 Å². The van der Waals surface area contributed by atoms with Gasteiger partial charge in [-0.1, -0.05) is 11.3 Å².